The number of nitrogens with zero attached hydrogens (tertiary/aromatic N) is 1. The van der Waals surface area contributed by atoms with Crippen LogP contribution in [-0.4, -0.2) is 7.05 Å². The van der Waals surface area contributed by atoms with Crippen molar-refractivity contribution in [3.05, 3.63) is 143 Å². The molecule has 0 aromatic heterocycles. The van der Waals surface area contributed by atoms with Crippen LogP contribution in [0.4, 0.5) is 11.4 Å². The predicted octanol–water partition coefficient (Wildman–Crippen LogP) is 9.76. The quantitative estimate of drug-likeness (QED) is 0.179. The molecule has 0 N–H and O–H groups in total. The van der Waals surface area contributed by atoms with Gasteiger partial charge in [0, 0.05) is 18.4 Å². The highest BCUT2D eigenvalue weighted by molar-refractivity contribution is 5.75. The van der Waals surface area contributed by atoms with Crippen molar-refractivity contribution in [2.24, 2.45) is 0 Å². The number of anilines is 2. The Balaban J connectivity index is 1.08. The molecule has 0 spiro atoms. The summed E-state index contributed by atoms with van der Waals surface area (Å²) in [7, 11) is 2.16. The Hall–Kier alpha value is -4.10. The Labute approximate surface area is 233 Å². The third-order valence-electron chi connectivity index (χ3n) is 8.25. The molecule has 0 bridgehead atoms. The molecular formula is C38H37N. The van der Waals surface area contributed by atoms with E-state index in [1.165, 1.54) is 82.4 Å². The highest BCUT2D eigenvalue weighted by atomic mass is 15.1. The van der Waals surface area contributed by atoms with Crippen molar-refractivity contribution < 1.29 is 0 Å². The normalized spacial score (nSPS) is 12.1. The molecule has 1 heteroatoms. The molecule has 39 heavy (non-hydrogen) atoms. The second-order valence-corrected chi connectivity index (χ2v) is 11.0. The van der Waals surface area contributed by atoms with Crippen LogP contribution in [0.1, 0.15) is 40.7 Å². The van der Waals surface area contributed by atoms with Crippen LogP contribution in [0.2, 0.25) is 0 Å². The molecule has 0 unspecified atom stereocenters. The Morgan fingerprint density at radius 3 is 1.77 bits per heavy atom. The molecule has 0 radical (unpaired) electrons. The standard InChI is InChI=1S/C38H37N/c1-28-13-16-31(17-14-28)34-10-6-11-35(27-34)33-21-23-37(24-22-33)39(2)38-12-5-9-29(26-38)7-3-4-8-30-15-18-32-19-20-36(32)25-30/h5-6,9-18,21-27H,3-4,7-8,19-20H2,1-2H3. The van der Waals surface area contributed by atoms with Gasteiger partial charge in [-0.3, -0.25) is 0 Å². The maximum absolute atomic E-state index is 2.43. The monoisotopic (exact) mass is 507 g/mol. The summed E-state index contributed by atoms with van der Waals surface area (Å²) in [5.74, 6) is 0. The van der Waals surface area contributed by atoms with Crippen molar-refractivity contribution in [3.8, 4) is 22.3 Å². The minimum Gasteiger partial charge on any atom is -0.345 e. The van der Waals surface area contributed by atoms with E-state index >= 15 is 0 Å². The molecule has 194 valence electrons. The maximum Gasteiger partial charge on any atom is 0.0410 e. The molecular weight excluding hydrogens is 470 g/mol. The van der Waals surface area contributed by atoms with Gasteiger partial charge in [0.05, 0.1) is 0 Å². The fraction of sp³-hybridized carbons (Fsp3) is 0.211. The lowest BCUT2D eigenvalue weighted by atomic mass is 9.86. The van der Waals surface area contributed by atoms with Gasteiger partial charge in [0.25, 0.3) is 0 Å². The summed E-state index contributed by atoms with van der Waals surface area (Å²) in [6.45, 7) is 2.13. The van der Waals surface area contributed by atoms with E-state index in [0.29, 0.717) is 0 Å². The largest absolute Gasteiger partial charge is 0.345 e. The topological polar surface area (TPSA) is 3.24 Å². The average molecular weight is 508 g/mol. The number of unbranched alkanes of at least 4 members (excludes halogenated alkanes) is 1. The molecule has 0 amide bonds. The van der Waals surface area contributed by atoms with E-state index in [1.54, 1.807) is 11.1 Å². The summed E-state index contributed by atoms with van der Waals surface area (Å²) in [5.41, 5.74) is 14.8. The molecule has 6 rings (SSSR count). The van der Waals surface area contributed by atoms with Gasteiger partial charge in [0.15, 0.2) is 0 Å². The Bertz CT molecular complexity index is 1560. The number of fused-ring (bicyclic) bond motifs is 1. The molecule has 0 atom stereocenters. The van der Waals surface area contributed by atoms with E-state index in [2.05, 4.69) is 134 Å². The number of benzene rings is 5. The van der Waals surface area contributed by atoms with Crippen LogP contribution in [0.15, 0.2) is 115 Å². The summed E-state index contributed by atoms with van der Waals surface area (Å²) in [6.07, 6.45) is 7.32. The van der Waals surface area contributed by atoms with Crippen LogP contribution in [-0.2, 0) is 25.7 Å². The number of hydrogen-bond acceptors (Lipinski definition) is 1. The summed E-state index contributed by atoms with van der Waals surface area (Å²) in [4.78, 5) is 2.29. The van der Waals surface area contributed by atoms with Gasteiger partial charge in [-0.25, -0.2) is 0 Å². The van der Waals surface area contributed by atoms with Crippen LogP contribution in [0, 0.1) is 6.92 Å². The molecule has 1 nitrogen and oxygen atoms in total. The zero-order valence-corrected chi connectivity index (χ0v) is 23.2. The maximum atomic E-state index is 2.43. The summed E-state index contributed by atoms with van der Waals surface area (Å²) in [5, 5.41) is 0. The Morgan fingerprint density at radius 1 is 0.513 bits per heavy atom. The molecule has 0 heterocycles. The first-order valence-corrected chi connectivity index (χ1v) is 14.3. The zero-order valence-electron chi connectivity index (χ0n) is 23.2. The second kappa shape index (κ2) is 11.3. The van der Waals surface area contributed by atoms with Gasteiger partial charge in [0.1, 0.15) is 0 Å². The first-order chi connectivity index (χ1) is 19.1. The SMILES string of the molecule is Cc1ccc(-c2cccc(-c3ccc(N(C)c4cccc(CCCCc5ccc6c(c5)CC6)c4)cc3)c2)cc1. The smallest absolute Gasteiger partial charge is 0.0410 e. The first-order valence-electron chi connectivity index (χ1n) is 14.3. The third kappa shape index (κ3) is 5.83. The number of hydrogen-bond donors (Lipinski definition) is 0. The molecule has 5 aromatic rings. The van der Waals surface area contributed by atoms with E-state index in [1.807, 2.05) is 0 Å². The highest BCUT2D eigenvalue weighted by Crippen LogP contribution is 2.30. The lowest BCUT2D eigenvalue weighted by molar-refractivity contribution is 0.730. The van der Waals surface area contributed by atoms with Gasteiger partial charge in [0.2, 0.25) is 0 Å². The van der Waals surface area contributed by atoms with E-state index in [-0.39, 0.29) is 0 Å². The van der Waals surface area contributed by atoms with Gasteiger partial charge in [-0.2, -0.15) is 0 Å². The summed E-state index contributed by atoms with van der Waals surface area (Å²) < 4.78 is 0. The van der Waals surface area contributed by atoms with E-state index in [9.17, 15) is 0 Å². The van der Waals surface area contributed by atoms with Crippen LogP contribution >= 0.6 is 0 Å². The minimum absolute atomic E-state index is 1.13. The summed E-state index contributed by atoms with van der Waals surface area (Å²) in [6, 6.07) is 42.7. The zero-order chi connectivity index (χ0) is 26.6. The predicted molar refractivity (Wildman–Crippen MR) is 167 cm³/mol. The number of rotatable bonds is 9. The van der Waals surface area contributed by atoms with Gasteiger partial charge in [-0.15, -0.1) is 0 Å². The lowest BCUT2D eigenvalue weighted by Crippen LogP contribution is -2.09. The van der Waals surface area contributed by atoms with Crippen LogP contribution in [0.5, 0.6) is 0 Å². The van der Waals surface area contributed by atoms with Gasteiger partial charge in [-0.05, 0) is 120 Å². The molecule has 1 aliphatic carbocycles. The van der Waals surface area contributed by atoms with Crippen LogP contribution in [0.3, 0.4) is 0 Å². The Kier molecular flexibility index (Phi) is 7.32. The first kappa shape index (κ1) is 25.2. The fourth-order valence-electron chi connectivity index (χ4n) is 5.63. The van der Waals surface area contributed by atoms with Crippen molar-refractivity contribution in [1.82, 2.24) is 0 Å². The van der Waals surface area contributed by atoms with E-state index in [0.717, 1.165) is 6.42 Å². The van der Waals surface area contributed by atoms with E-state index < -0.39 is 0 Å². The average Bonchev–Trinajstić information content (AvgIpc) is 2.97. The molecule has 0 saturated heterocycles. The molecule has 0 aliphatic heterocycles. The highest BCUT2D eigenvalue weighted by Gasteiger charge is 2.12. The van der Waals surface area contributed by atoms with Crippen molar-refractivity contribution in [1.29, 1.82) is 0 Å². The van der Waals surface area contributed by atoms with Crippen molar-refractivity contribution in [2.45, 2.75) is 45.4 Å². The van der Waals surface area contributed by atoms with Gasteiger partial charge in [-0.1, -0.05) is 90.5 Å². The minimum atomic E-state index is 1.13. The van der Waals surface area contributed by atoms with Crippen molar-refractivity contribution in [3.63, 3.8) is 0 Å². The number of aryl methyl sites for hydroxylation is 5. The second-order valence-electron chi connectivity index (χ2n) is 11.0. The lowest BCUT2D eigenvalue weighted by Gasteiger charge is -2.21. The molecule has 0 fully saturated rings. The summed E-state index contributed by atoms with van der Waals surface area (Å²) >= 11 is 0. The Morgan fingerprint density at radius 2 is 1.13 bits per heavy atom. The van der Waals surface area contributed by atoms with Gasteiger partial charge >= 0.3 is 0 Å². The van der Waals surface area contributed by atoms with Crippen molar-refractivity contribution >= 4 is 11.4 Å². The molecule has 0 saturated carbocycles. The third-order valence-corrected chi connectivity index (χ3v) is 8.25. The van der Waals surface area contributed by atoms with Gasteiger partial charge < -0.3 is 4.90 Å². The van der Waals surface area contributed by atoms with E-state index in [4.69, 9.17) is 0 Å². The molecule has 5 aromatic carbocycles. The molecule has 1 aliphatic rings. The van der Waals surface area contributed by atoms with Crippen LogP contribution in [0.25, 0.3) is 22.3 Å². The van der Waals surface area contributed by atoms with Crippen LogP contribution < -0.4 is 4.90 Å². The van der Waals surface area contributed by atoms with Crippen molar-refractivity contribution in [2.75, 3.05) is 11.9 Å². The fourth-order valence-corrected chi connectivity index (χ4v) is 5.63.